The second kappa shape index (κ2) is 9.43. The molecule has 5 rings (SSSR count). The Morgan fingerprint density at radius 2 is 1.91 bits per heavy atom. The minimum absolute atomic E-state index is 0.173. The van der Waals surface area contributed by atoms with Crippen LogP contribution in [0.25, 0.3) is 16.9 Å². The topological polar surface area (TPSA) is 110 Å². The number of hydrogen-bond donors (Lipinski definition) is 2. The molecule has 10 heteroatoms. The first-order chi connectivity index (χ1) is 17.0. The maximum atomic E-state index is 13.2. The van der Waals surface area contributed by atoms with Crippen LogP contribution in [0.5, 0.6) is 5.75 Å². The Balaban J connectivity index is 1.41. The van der Waals surface area contributed by atoms with Crippen LogP contribution in [0.2, 0.25) is 0 Å². The summed E-state index contributed by atoms with van der Waals surface area (Å²) in [7, 11) is 1.54. The molecular weight excluding hydrogens is 448 g/mol. The summed E-state index contributed by atoms with van der Waals surface area (Å²) in [5.74, 6) is 0.721. The van der Waals surface area contributed by atoms with Crippen molar-refractivity contribution in [1.29, 1.82) is 0 Å². The lowest BCUT2D eigenvalue weighted by molar-refractivity contribution is -0.114. The number of nitrogens with zero attached hydrogens (tertiary/aromatic N) is 4. The van der Waals surface area contributed by atoms with Crippen molar-refractivity contribution in [3.8, 4) is 17.0 Å². The second-order valence-corrected chi connectivity index (χ2v) is 8.05. The SMILES string of the molecule is COc1ccc(-c2ccc3nc(NC(C)=O)cn3n2)cc1NC(=O)N1OCC[C@H]1c1ccccc1. The number of rotatable bonds is 5. The quantitative estimate of drug-likeness (QED) is 0.449. The van der Waals surface area contributed by atoms with E-state index in [1.54, 1.807) is 36.0 Å². The third-order valence-corrected chi connectivity index (χ3v) is 5.65. The molecule has 3 amide bonds. The highest BCUT2D eigenvalue weighted by Gasteiger charge is 2.32. The van der Waals surface area contributed by atoms with Crippen LogP contribution in [-0.2, 0) is 9.63 Å². The van der Waals surface area contributed by atoms with Crippen LogP contribution in [0.15, 0.2) is 66.9 Å². The lowest BCUT2D eigenvalue weighted by Crippen LogP contribution is -2.33. The molecule has 1 saturated heterocycles. The fourth-order valence-corrected chi connectivity index (χ4v) is 4.06. The third kappa shape index (κ3) is 4.64. The average molecular weight is 473 g/mol. The number of benzene rings is 2. The van der Waals surface area contributed by atoms with Crippen LogP contribution in [0.1, 0.15) is 24.9 Å². The number of aromatic nitrogens is 3. The molecule has 1 atom stereocenters. The predicted molar refractivity (Wildman–Crippen MR) is 130 cm³/mol. The molecule has 0 radical (unpaired) electrons. The molecule has 1 fully saturated rings. The van der Waals surface area contributed by atoms with Gasteiger partial charge >= 0.3 is 6.03 Å². The molecule has 2 aromatic heterocycles. The van der Waals surface area contributed by atoms with Gasteiger partial charge in [0.05, 0.1) is 37.3 Å². The standard InChI is InChI=1S/C25H24N6O4/c1-16(32)26-23-15-30-24(28-23)11-9-19(29-30)18-8-10-22(34-2)20(14-18)27-25(33)31-21(12-13-35-31)17-6-4-3-5-7-17/h3-11,14-15,21H,12-13H2,1-2H3,(H,26,32)(H,27,33)/t21-/m0/s1. The monoisotopic (exact) mass is 472 g/mol. The molecule has 1 aliphatic heterocycles. The van der Waals surface area contributed by atoms with Gasteiger partial charge in [0.1, 0.15) is 5.75 Å². The van der Waals surface area contributed by atoms with Crippen molar-refractivity contribution < 1.29 is 19.2 Å². The molecule has 1 aliphatic rings. The number of anilines is 2. The Kier molecular flexibility index (Phi) is 6.02. The van der Waals surface area contributed by atoms with Gasteiger partial charge in [-0.25, -0.2) is 14.3 Å². The Bertz CT molecular complexity index is 1390. The molecule has 0 bridgehead atoms. The summed E-state index contributed by atoms with van der Waals surface area (Å²) in [6.07, 6.45) is 2.35. The zero-order chi connectivity index (χ0) is 24.4. The van der Waals surface area contributed by atoms with Crippen molar-refractivity contribution >= 4 is 29.1 Å². The van der Waals surface area contributed by atoms with Crippen molar-refractivity contribution in [3.05, 3.63) is 72.4 Å². The third-order valence-electron chi connectivity index (χ3n) is 5.65. The van der Waals surface area contributed by atoms with E-state index in [9.17, 15) is 9.59 Å². The summed E-state index contributed by atoms with van der Waals surface area (Å²) in [5.41, 5.74) is 3.51. The molecule has 2 aromatic carbocycles. The van der Waals surface area contributed by atoms with Gasteiger partial charge in [0.2, 0.25) is 5.91 Å². The number of nitrogens with one attached hydrogen (secondary N) is 2. The van der Waals surface area contributed by atoms with Crippen molar-refractivity contribution in [2.75, 3.05) is 24.4 Å². The Morgan fingerprint density at radius 3 is 2.69 bits per heavy atom. The molecule has 0 aliphatic carbocycles. The summed E-state index contributed by atoms with van der Waals surface area (Å²) >= 11 is 0. The zero-order valence-electron chi connectivity index (χ0n) is 19.3. The number of imidazole rings is 1. The summed E-state index contributed by atoms with van der Waals surface area (Å²) in [6.45, 7) is 1.88. The van der Waals surface area contributed by atoms with Crippen LogP contribution in [0, 0.1) is 0 Å². The molecule has 178 valence electrons. The van der Waals surface area contributed by atoms with E-state index in [1.807, 2.05) is 42.5 Å². The van der Waals surface area contributed by atoms with Crippen LogP contribution in [0.4, 0.5) is 16.3 Å². The number of urea groups is 1. The van der Waals surface area contributed by atoms with E-state index in [2.05, 4.69) is 20.7 Å². The van der Waals surface area contributed by atoms with Crippen molar-refractivity contribution in [2.45, 2.75) is 19.4 Å². The molecular formula is C25H24N6O4. The van der Waals surface area contributed by atoms with Gasteiger partial charge in [0, 0.05) is 18.9 Å². The highest BCUT2D eigenvalue weighted by atomic mass is 16.7. The first kappa shape index (κ1) is 22.4. The van der Waals surface area contributed by atoms with E-state index in [-0.39, 0.29) is 18.0 Å². The second-order valence-electron chi connectivity index (χ2n) is 8.05. The van der Waals surface area contributed by atoms with E-state index in [0.29, 0.717) is 41.6 Å². The van der Waals surface area contributed by atoms with E-state index in [4.69, 9.17) is 9.57 Å². The number of fused-ring (bicyclic) bond motifs is 1. The Labute approximate surface area is 201 Å². The van der Waals surface area contributed by atoms with Gasteiger partial charge in [0.25, 0.3) is 0 Å². The summed E-state index contributed by atoms with van der Waals surface area (Å²) in [4.78, 5) is 34.4. The number of hydroxylamine groups is 2. The summed E-state index contributed by atoms with van der Waals surface area (Å²) in [5, 5.41) is 11.5. The molecule has 4 aromatic rings. The van der Waals surface area contributed by atoms with Gasteiger partial charge in [-0.3, -0.25) is 9.63 Å². The molecule has 0 spiro atoms. The smallest absolute Gasteiger partial charge is 0.346 e. The van der Waals surface area contributed by atoms with Crippen LogP contribution in [0.3, 0.4) is 0 Å². The lowest BCUT2D eigenvalue weighted by atomic mass is 10.1. The number of carbonyl (C=O) groups excluding carboxylic acids is 2. The van der Waals surface area contributed by atoms with E-state index >= 15 is 0 Å². The maximum Gasteiger partial charge on any atom is 0.346 e. The fraction of sp³-hybridized carbons (Fsp3) is 0.200. The zero-order valence-corrected chi connectivity index (χ0v) is 19.3. The van der Waals surface area contributed by atoms with Crippen LogP contribution in [-0.4, -0.2) is 45.3 Å². The normalized spacial score (nSPS) is 15.3. The predicted octanol–water partition coefficient (Wildman–Crippen LogP) is 4.27. The molecule has 35 heavy (non-hydrogen) atoms. The van der Waals surface area contributed by atoms with Gasteiger partial charge in [-0.15, -0.1) is 0 Å². The van der Waals surface area contributed by atoms with Gasteiger partial charge in [-0.05, 0) is 35.9 Å². The number of carbonyl (C=O) groups is 2. The van der Waals surface area contributed by atoms with Crippen molar-refractivity contribution in [3.63, 3.8) is 0 Å². The van der Waals surface area contributed by atoms with Gasteiger partial charge in [0.15, 0.2) is 11.5 Å². The van der Waals surface area contributed by atoms with Crippen LogP contribution >= 0.6 is 0 Å². The minimum atomic E-state index is -0.384. The van der Waals surface area contributed by atoms with E-state index < -0.39 is 0 Å². The number of hydrogen-bond acceptors (Lipinski definition) is 6. The molecule has 10 nitrogen and oxygen atoms in total. The van der Waals surface area contributed by atoms with Crippen molar-refractivity contribution in [1.82, 2.24) is 19.7 Å². The first-order valence-corrected chi connectivity index (χ1v) is 11.1. The first-order valence-electron chi connectivity index (χ1n) is 11.1. The van der Waals surface area contributed by atoms with E-state index in [1.165, 1.54) is 12.0 Å². The molecule has 2 N–H and O–H groups in total. The van der Waals surface area contributed by atoms with Crippen LogP contribution < -0.4 is 15.4 Å². The largest absolute Gasteiger partial charge is 0.495 e. The van der Waals surface area contributed by atoms with Gasteiger partial charge in [-0.2, -0.15) is 10.2 Å². The molecule has 0 saturated carbocycles. The highest BCUT2D eigenvalue weighted by molar-refractivity contribution is 5.92. The maximum absolute atomic E-state index is 13.2. The van der Waals surface area contributed by atoms with Crippen molar-refractivity contribution in [2.24, 2.45) is 0 Å². The average Bonchev–Trinajstić information content (AvgIpc) is 3.50. The Hall–Kier alpha value is -4.44. The van der Waals surface area contributed by atoms with Gasteiger partial charge < -0.3 is 15.4 Å². The Morgan fingerprint density at radius 1 is 1.09 bits per heavy atom. The molecule has 3 heterocycles. The fourth-order valence-electron chi connectivity index (χ4n) is 4.06. The number of methoxy groups -OCH3 is 1. The summed E-state index contributed by atoms with van der Waals surface area (Å²) < 4.78 is 7.06. The van der Waals surface area contributed by atoms with E-state index in [0.717, 1.165) is 11.1 Å². The highest BCUT2D eigenvalue weighted by Crippen LogP contribution is 2.34. The number of amides is 3. The molecule has 0 unspecified atom stereocenters. The summed E-state index contributed by atoms with van der Waals surface area (Å²) in [6, 6.07) is 18.3. The lowest BCUT2D eigenvalue weighted by Gasteiger charge is -2.23. The number of ether oxygens (including phenoxy) is 1. The minimum Gasteiger partial charge on any atom is -0.495 e. The van der Waals surface area contributed by atoms with Gasteiger partial charge in [-0.1, -0.05) is 30.3 Å².